The summed E-state index contributed by atoms with van der Waals surface area (Å²) in [6.45, 7) is 2.09. The van der Waals surface area contributed by atoms with E-state index in [4.69, 9.17) is 4.74 Å². The fraction of sp³-hybridized carbons (Fsp3) is 0.500. The Hall–Kier alpha value is -2.77. The summed E-state index contributed by atoms with van der Waals surface area (Å²) in [5.74, 6) is 0.672. The van der Waals surface area contributed by atoms with E-state index in [9.17, 15) is 9.90 Å². The lowest BCUT2D eigenvalue weighted by Gasteiger charge is -2.22. The minimum Gasteiger partial charge on any atom is -0.495 e. The Labute approximate surface area is 196 Å². The van der Waals surface area contributed by atoms with Gasteiger partial charge in [-0.2, -0.15) is 0 Å². The normalized spacial score (nSPS) is 19.7. The molecule has 1 aliphatic heterocycles. The van der Waals surface area contributed by atoms with Crippen LogP contribution in [-0.4, -0.2) is 56.3 Å². The lowest BCUT2D eigenvalue weighted by molar-refractivity contribution is -0.119. The van der Waals surface area contributed by atoms with Crippen LogP contribution < -0.4 is 20.3 Å². The predicted octanol–water partition coefficient (Wildman–Crippen LogP) is 4.07. The van der Waals surface area contributed by atoms with Crippen molar-refractivity contribution in [3.63, 3.8) is 0 Å². The smallest absolute Gasteiger partial charge is 0.227 e. The number of hydrogen-bond donors (Lipinski definition) is 3. The Balaban J connectivity index is 1.37. The largest absolute Gasteiger partial charge is 0.495 e. The zero-order valence-electron chi connectivity index (χ0n) is 19.9. The van der Waals surface area contributed by atoms with E-state index < -0.39 is 6.23 Å². The highest BCUT2D eigenvalue weighted by atomic mass is 16.5. The van der Waals surface area contributed by atoms with E-state index in [1.165, 1.54) is 12.1 Å². The summed E-state index contributed by atoms with van der Waals surface area (Å²) < 4.78 is 5.49. The molecule has 2 atom stereocenters. The van der Waals surface area contributed by atoms with E-state index in [0.717, 1.165) is 44.5 Å². The number of aliphatic hydroxyl groups excluding tert-OH is 1. The number of aliphatic hydroxyl groups is 1. The number of methoxy groups -OCH3 is 1. The van der Waals surface area contributed by atoms with Gasteiger partial charge in [0.2, 0.25) is 5.91 Å². The number of rotatable bonds is 8. The number of carbonyl (C=O) groups is 1. The third-order valence-corrected chi connectivity index (χ3v) is 6.95. The van der Waals surface area contributed by atoms with Gasteiger partial charge in [0.15, 0.2) is 6.23 Å². The molecule has 2 unspecified atom stereocenters. The number of ether oxygens (including phenoxy) is 1. The van der Waals surface area contributed by atoms with Crippen LogP contribution in [0.1, 0.15) is 43.9 Å². The van der Waals surface area contributed by atoms with Gasteiger partial charge in [-0.15, -0.1) is 0 Å². The second-order valence-electron chi connectivity index (χ2n) is 9.38. The Kier molecular flexibility index (Phi) is 7.40. The highest BCUT2D eigenvalue weighted by Gasteiger charge is 2.25. The molecule has 0 spiro atoms. The number of hydrogen-bond acceptors (Lipinski definition) is 6. The molecule has 33 heavy (non-hydrogen) atoms. The summed E-state index contributed by atoms with van der Waals surface area (Å²) in [6.07, 6.45) is 4.39. The molecule has 0 radical (unpaired) electrons. The molecular formula is C26H36N4O3. The van der Waals surface area contributed by atoms with Crippen molar-refractivity contribution in [2.75, 3.05) is 49.8 Å². The summed E-state index contributed by atoms with van der Waals surface area (Å²) in [5, 5.41) is 16.9. The number of carbonyl (C=O) groups excluding carboxylic acids is 1. The molecule has 1 saturated carbocycles. The standard InChI is InChI=1S/C26H36N4O3/c1-29(2)22-14-15-30(17-22)21-11-9-20(10-12-21)27-26(32)19-8-13-23(24(16-19)33-3)28-25(31)18-6-4-5-7-18/h8-13,16,18,22,26-27,32H,4-7,14-15,17H2,1-3H3,(H,28,31). The van der Waals surface area contributed by atoms with Gasteiger partial charge in [0.25, 0.3) is 0 Å². The van der Waals surface area contributed by atoms with Gasteiger partial charge < -0.3 is 30.3 Å². The maximum Gasteiger partial charge on any atom is 0.227 e. The summed E-state index contributed by atoms with van der Waals surface area (Å²) in [7, 11) is 5.84. The fourth-order valence-corrected chi connectivity index (χ4v) is 4.81. The monoisotopic (exact) mass is 452 g/mol. The Morgan fingerprint density at radius 2 is 1.85 bits per heavy atom. The van der Waals surface area contributed by atoms with Crippen molar-refractivity contribution in [3.05, 3.63) is 48.0 Å². The zero-order valence-corrected chi connectivity index (χ0v) is 19.9. The average Bonchev–Trinajstić information content (AvgIpc) is 3.52. The quantitative estimate of drug-likeness (QED) is 0.524. The zero-order chi connectivity index (χ0) is 23.4. The third-order valence-electron chi connectivity index (χ3n) is 6.95. The third kappa shape index (κ3) is 5.60. The van der Waals surface area contributed by atoms with Crippen LogP contribution in [0.4, 0.5) is 17.1 Å². The van der Waals surface area contributed by atoms with Gasteiger partial charge >= 0.3 is 0 Å². The van der Waals surface area contributed by atoms with Crippen LogP contribution in [0.5, 0.6) is 5.75 Å². The van der Waals surface area contributed by atoms with Gasteiger partial charge in [-0.05, 0) is 69.8 Å². The number of amides is 1. The molecule has 2 aliphatic rings. The number of benzene rings is 2. The van der Waals surface area contributed by atoms with E-state index in [0.29, 0.717) is 23.0 Å². The summed E-state index contributed by atoms with van der Waals surface area (Å²) in [4.78, 5) is 17.2. The second kappa shape index (κ2) is 10.4. The van der Waals surface area contributed by atoms with E-state index in [-0.39, 0.29) is 11.8 Å². The first-order valence-corrected chi connectivity index (χ1v) is 11.9. The Morgan fingerprint density at radius 1 is 1.12 bits per heavy atom. The van der Waals surface area contributed by atoms with E-state index in [1.807, 2.05) is 18.2 Å². The van der Waals surface area contributed by atoms with Crippen molar-refractivity contribution < 1.29 is 14.6 Å². The summed E-state index contributed by atoms with van der Waals surface area (Å²) in [6, 6.07) is 14.1. The van der Waals surface area contributed by atoms with Gasteiger partial charge in [-0.3, -0.25) is 4.79 Å². The van der Waals surface area contributed by atoms with Gasteiger partial charge in [0, 0.05) is 42.0 Å². The molecule has 3 N–H and O–H groups in total. The van der Waals surface area contributed by atoms with Crippen molar-refractivity contribution >= 4 is 23.0 Å². The van der Waals surface area contributed by atoms with E-state index >= 15 is 0 Å². The van der Waals surface area contributed by atoms with Gasteiger partial charge in [0.05, 0.1) is 12.8 Å². The average molecular weight is 453 g/mol. The van der Waals surface area contributed by atoms with Crippen LogP contribution in [0, 0.1) is 5.92 Å². The highest BCUT2D eigenvalue weighted by Crippen LogP contribution is 2.32. The SMILES string of the molecule is COc1cc(C(O)Nc2ccc(N3CCC(N(C)C)C3)cc2)ccc1NC(=O)C1CCCC1. The Morgan fingerprint density at radius 3 is 2.48 bits per heavy atom. The molecule has 7 nitrogen and oxygen atoms in total. The van der Waals surface area contributed by atoms with Crippen LogP contribution in [0.25, 0.3) is 0 Å². The highest BCUT2D eigenvalue weighted by molar-refractivity contribution is 5.94. The molecule has 1 saturated heterocycles. The second-order valence-corrected chi connectivity index (χ2v) is 9.38. The van der Waals surface area contributed by atoms with Crippen molar-refractivity contribution in [3.8, 4) is 5.75 Å². The van der Waals surface area contributed by atoms with Crippen LogP contribution in [0.2, 0.25) is 0 Å². The molecule has 0 aromatic heterocycles. The lowest BCUT2D eigenvalue weighted by atomic mass is 10.1. The first-order chi connectivity index (χ1) is 15.9. The van der Waals surface area contributed by atoms with Gasteiger partial charge in [-0.25, -0.2) is 0 Å². The van der Waals surface area contributed by atoms with E-state index in [2.05, 4.69) is 46.7 Å². The molecule has 4 rings (SSSR count). The summed E-state index contributed by atoms with van der Waals surface area (Å²) in [5.41, 5.74) is 3.34. The molecule has 0 bridgehead atoms. The summed E-state index contributed by atoms with van der Waals surface area (Å²) >= 11 is 0. The maximum absolute atomic E-state index is 12.5. The molecular weight excluding hydrogens is 416 g/mol. The van der Waals surface area contributed by atoms with Crippen LogP contribution in [-0.2, 0) is 4.79 Å². The Bertz CT molecular complexity index is 941. The van der Waals surface area contributed by atoms with Gasteiger partial charge in [0.1, 0.15) is 5.75 Å². The number of nitrogens with one attached hydrogen (secondary N) is 2. The number of likely N-dealkylation sites (N-methyl/N-ethyl adjacent to an activating group) is 1. The van der Waals surface area contributed by atoms with Gasteiger partial charge in [-0.1, -0.05) is 18.9 Å². The van der Waals surface area contributed by atoms with Crippen molar-refractivity contribution in [2.24, 2.45) is 5.92 Å². The van der Waals surface area contributed by atoms with Crippen molar-refractivity contribution in [2.45, 2.75) is 44.4 Å². The maximum atomic E-state index is 12.5. The topological polar surface area (TPSA) is 77.1 Å². The number of nitrogens with zero attached hydrogens (tertiary/aromatic N) is 2. The van der Waals surface area contributed by atoms with Crippen LogP contribution >= 0.6 is 0 Å². The molecule has 178 valence electrons. The van der Waals surface area contributed by atoms with Crippen molar-refractivity contribution in [1.29, 1.82) is 0 Å². The van der Waals surface area contributed by atoms with Crippen LogP contribution in [0.15, 0.2) is 42.5 Å². The van der Waals surface area contributed by atoms with E-state index in [1.54, 1.807) is 19.2 Å². The first-order valence-electron chi connectivity index (χ1n) is 11.9. The predicted molar refractivity (Wildman–Crippen MR) is 133 cm³/mol. The molecule has 1 heterocycles. The minimum atomic E-state index is -0.894. The minimum absolute atomic E-state index is 0.0483. The molecule has 2 fully saturated rings. The van der Waals surface area contributed by atoms with Crippen molar-refractivity contribution in [1.82, 2.24) is 4.90 Å². The molecule has 2 aromatic carbocycles. The molecule has 1 amide bonds. The fourth-order valence-electron chi connectivity index (χ4n) is 4.81. The lowest BCUT2D eigenvalue weighted by Crippen LogP contribution is -2.31. The number of anilines is 3. The van der Waals surface area contributed by atoms with Crippen LogP contribution in [0.3, 0.4) is 0 Å². The first kappa shape index (κ1) is 23.4. The molecule has 1 aliphatic carbocycles. The molecule has 7 heteroatoms. The molecule has 2 aromatic rings.